The molecule has 0 radical (unpaired) electrons. The molecule has 0 aliphatic carbocycles. The Kier molecular flexibility index (Phi) is 5.27. The maximum atomic E-state index is 12.5. The highest BCUT2D eigenvalue weighted by molar-refractivity contribution is 7.10. The maximum Gasteiger partial charge on any atom is 0.339 e. The van der Waals surface area contributed by atoms with Crippen LogP contribution >= 0.6 is 11.3 Å². The second-order valence-electron chi connectivity index (χ2n) is 5.88. The van der Waals surface area contributed by atoms with Crippen molar-refractivity contribution >= 4 is 28.9 Å². The fourth-order valence-corrected chi connectivity index (χ4v) is 4.16. The van der Waals surface area contributed by atoms with E-state index in [2.05, 4.69) is 22.8 Å². The molecule has 1 unspecified atom stereocenters. The summed E-state index contributed by atoms with van der Waals surface area (Å²) in [5, 5.41) is 4.94. The molecule has 6 heteroatoms. The van der Waals surface area contributed by atoms with Crippen molar-refractivity contribution in [2.75, 3.05) is 25.5 Å². The van der Waals surface area contributed by atoms with Crippen LogP contribution in [0.1, 0.15) is 34.1 Å². The number of nitrogens with one attached hydrogen (secondary N) is 2. The standard InChI is InChI=1S/C18H20N2O3S/c1-23-18(22)13-6-2-3-7-14(13)19-17(21)12-20-10-4-8-15(20)16-9-5-11-24-16/h2-3,5-7,9,11,15H,4,8,10,12H2,1H3,(H,19,21)/p+1/t15-/m0/s1. The number of esters is 1. The summed E-state index contributed by atoms with van der Waals surface area (Å²) in [6.45, 7) is 1.40. The number of quaternary nitrogens is 1. The third-order valence-electron chi connectivity index (χ3n) is 4.36. The minimum atomic E-state index is -0.448. The summed E-state index contributed by atoms with van der Waals surface area (Å²) >= 11 is 1.75. The molecule has 1 amide bonds. The van der Waals surface area contributed by atoms with Crippen LogP contribution in [0.15, 0.2) is 41.8 Å². The molecule has 5 nitrogen and oxygen atoms in total. The molecule has 2 N–H and O–H groups in total. The number of hydrogen-bond donors (Lipinski definition) is 2. The molecule has 0 bridgehead atoms. The molecule has 1 aliphatic rings. The van der Waals surface area contributed by atoms with Gasteiger partial charge in [0.25, 0.3) is 5.91 Å². The number of amides is 1. The lowest BCUT2D eigenvalue weighted by atomic mass is 10.1. The summed E-state index contributed by atoms with van der Waals surface area (Å²) in [6, 6.07) is 11.5. The van der Waals surface area contributed by atoms with Gasteiger partial charge >= 0.3 is 5.97 Å². The number of anilines is 1. The zero-order valence-corrected chi connectivity index (χ0v) is 14.4. The Labute approximate surface area is 145 Å². The molecular formula is C18H21N2O3S+. The van der Waals surface area contributed by atoms with Crippen LogP contribution in [0.4, 0.5) is 5.69 Å². The van der Waals surface area contributed by atoms with Gasteiger partial charge in [0, 0.05) is 12.8 Å². The first-order valence-electron chi connectivity index (χ1n) is 8.04. The lowest BCUT2D eigenvalue weighted by Crippen LogP contribution is -3.11. The Balaban J connectivity index is 1.67. The van der Waals surface area contributed by atoms with E-state index < -0.39 is 5.97 Å². The normalized spacial score (nSPS) is 19.9. The lowest BCUT2D eigenvalue weighted by molar-refractivity contribution is -0.910. The molecule has 126 valence electrons. The van der Waals surface area contributed by atoms with Gasteiger partial charge in [0.15, 0.2) is 6.54 Å². The quantitative estimate of drug-likeness (QED) is 0.814. The van der Waals surface area contributed by atoms with Gasteiger partial charge in [-0.2, -0.15) is 0 Å². The Morgan fingerprint density at radius 3 is 2.88 bits per heavy atom. The first kappa shape index (κ1) is 16.7. The Hall–Kier alpha value is -2.18. The monoisotopic (exact) mass is 345 g/mol. The van der Waals surface area contributed by atoms with Crippen LogP contribution in [0, 0.1) is 0 Å². The van der Waals surface area contributed by atoms with Crippen LogP contribution in [0.5, 0.6) is 0 Å². The molecule has 0 saturated carbocycles. The van der Waals surface area contributed by atoms with E-state index in [-0.39, 0.29) is 5.91 Å². The number of benzene rings is 1. The van der Waals surface area contributed by atoms with E-state index in [1.807, 2.05) is 0 Å². The summed E-state index contributed by atoms with van der Waals surface area (Å²) in [5.41, 5.74) is 0.875. The van der Waals surface area contributed by atoms with E-state index in [0.29, 0.717) is 23.8 Å². The SMILES string of the molecule is COC(=O)c1ccccc1NC(=O)C[NH+]1CCC[C@H]1c1cccs1. The number of likely N-dealkylation sites (tertiary alicyclic amines) is 1. The largest absolute Gasteiger partial charge is 0.465 e. The smallest absolute Gasteiger partial charge is 0.339 e. The van der Waals surface area contributed by atoms with Gasteiger partial charge in [-0.25, -0.2) is 4.79 Å². The molecule has 2 aromatic rings. The van der Waals surface area contributed by atoms with Gasteiger partial charge < -0.3 is 15.0 Å². The predicted molar refractivity (Wildman–Crippen MR) is 93.4 cm³/mol. The minimum absolute atomic E-state index is 0.0789. The van der Waals surface area contributed by atoms with E-state index in [1.54, 1.807) is 35.6 Å². The zero-order chi connectivity index (χ0) is 16.9. The van der Waals surface area contributed by atoms with Gasteiger partial charge in [-0.15, -0.1) is 11.3 Å². The van der Waals surface area contributed by atoms with Crippen LogP contribution in [0.25, 0.3) is 0 Å². The van der Waals surface area contributed by atoms with Crippen molar-refractivity contribution in [3.05, 3.63) is 52.2 Å². The summed E-state index contributed by atoms with van der Waals surface area (Å²) in [6.07, 6.45) is 2.24. The number of hydrogen-bond acceptors (Lipinski definition) is 4. The molecule has 24 heavy (non-hydrogen) atoms. The number of methoxy groups -OCH3 is 1. The van der Waals surface area contributed by atoms with E-state index in [9.17, 15) is 9.59 Å². The van der Waals surface area contributed by atoms with Gasteiger partial charge in [0.05, 0.1) is 29.8 Å². The third kappa shape index (κ3) is 3.66. The van der Waals surface area contributed by atoms with Crippen molar-refractivity contribution in [3.8, 4) is 0 Å². The number of para-hydroxylation sites is 1. The molecule has 2 heterocycles. The van der Waals surface area contributed by atoms with Crippen molar-refractivity contribution in [1.82, 2.24) is 0 Å². The third-order valence-corrected chi connectivity index (χ3v) is 5.35. The first-order chi connectivity index (χ1) is 11.7. The van der Waals surface area contributed by atoms with Crippen molar-refractivity contribution in [1.29, 1.82) is 0 Å². The van der Waals surface area contributed by atoms with Gasteiger partial charge in [-0.05, 0) is 23.6 Å². The number of rotatable bonds is 5. The van der Waals surface area contributed by atoms with Crippen molar-refractivity contribution < 1.29 is 19.2 Å². The number of carbonyl (C=O) groups excluding carboxylic acids is 2. The average molecular weight is 345 g/mol. The molecule has 1 aromatic carbocycles. The molecule has 1 aromatic heterocycles. The fraction of sp³-hybridized carbons (Fsp3) is 0.333. The molecule has 2 atom stereocenters. The second-order valence-corrected chi connectivity index (χ2v) is 6.86. The van der Waals surface area contributed by atoms with E-state index in [4.69, 9.17) is 4.74 Å². The Morgan fingerprint density at radius 2 is 2.12 bits per heavy atom. The molecule has 3 rings (SSSR count). The minimum Gasteiger partial charge on any atom is -0.465 e. The van der Waals surface area contributed by atoms with Gasteiger partial charge in [-0.3, -0.25) is 4.79 Å². The zero-order valence-electron chi connectivity index (χ0n) is 13.6. The summed E-state index contributed by atoms with van der Waals surface area (Å²) in [4.78, 5) is 26.9. The number of thiophene rings is 1. The topological polar surface area (TPSA) is 59.8 Å². The van der Waals surface area contributed by atoms with E-state index in [1.165, 1.54) is 16.9 Å². The molecule has 1 fully saturated rings. The van der Waals surface area contributed by atoms with Crippen molar-refractivity contribution in [3.63, 3.8) is 0 Å². The van der Waals surface area contributed by atoms with Crippen LogP contribution in [-0.4, -0.2) is 32.1 Å². The summed E-state index contributed by atoms with van der Waals surface area (Å²) < 4.78 is 4.76. The molecule has 1 saturated heterocycles. The maximum absolute atomic E-state index is 12.5. The van der Waals surface area contributed by atoms with Crippen LogP contribution in [-0.2, 0) is 9.53 Å². The Morgan fingerprint density at radius 1 is 1.29 bits per heavy atom. The first-order valence-corrected chi connectivity index (χ1v) is 8.92. The molecule has 0 spiro atoms. The number of carbonyl (C=O) groups is 2. The average Bonchev–Trinajstić information content (AvgIpc) is 3.25. The Bertz CT molecular complexity index is 715. The molecular weight excluding hydrogens is 324 g/mol. The van der Waals surface area contributed by atoms with Crippen LogP contribution < -0.4 is 10.2 Å². The van der Waals surface area contributed by atoms with Crippen molar-refractivity contribution in [2.24, 2.45) is 0 Å². The highest BCUT2D eigenvalue weighted by Gasteiger charge is 2.32. The second kappa shape index (κ2) is 7.59. The highest BCUT2D eigenvalue weighted by Crippen LogP contribution is 2.23. The summed E-state index contributed by atoms with van der Waals surface area (Å²) in [7, 11) is 1.33. The lowest BCUT2D eigenvalue weighted by Gasteiger charge is -2.20. The van der Waals surface area contributed by atoms with Gasteiger partial charge in [-0.1, -0.05) is 18.2 Å². The molecule has 1 aliphatic heterocycles. The van der Waals surface area contributed by atoms with E-state index in [0.717, 1.165) is 19.4 Å². The fourth-order valence-electron chi connectivity index (χ4n) is 3.24. The van der Waals surface area contributed by atoms with Crippen LogP contribution in [0.2, 0.25) is 0 Å². The van der Waals surface area contributed by atoms with Crippen molar-refractivity contribution in [2.45, 2.75) is 18.9 Å². The van der Waals surface area contributed by atoms with E-state index >= 15 is 0 Å². The van der Waals surface area contributed by atoms with Crippen LogP contribution in [0.3, 0.4) is 0 Å². The summed E-state index contributed by atoms with van der Waals surface area (Å²) in [5.74, 6) is -0.527. The predicted octanol–water partition coefficient (Wildman–Crippen LogP) is 1.89. The van der Waals surface area contributed by atoms with Gasteiger partial charge in [0.1, 0.15) is 6.04 Å². The highest BCUT2D eigenvalue weighted by atomic mass is 32.1. The number of ether oxygens (including phenoxy) is 1. The van der Waals surface area contributed by atoms with Gasteiger partial charge in [0.2, 0.25) is 0 Å².